The number of aromatic nitrogens is 1. The van der Waals surface area contributed by atoms with Gasteiger partial charge in [0.25, 0.3) is 0 Å². The lowest BCUT2D eigenvalue weighted by molar-refractivity contribution is 0.112. The van der Waals surface area contributed by atoms with Crippen LogP contribution in [0, 0.1) is 0 Å². The smallest absolute Gasteiger partial charge is 0.152 e. The topological polar surface area (TPSA) is 68.1 Å². The van der Waals surface area contributed by atoms with Crippen molar-refractivity contribution in [2.45, 2.75) is 0 Å². The molecule has 2 rings (SSSR count). The fourth-order valence-electron chi connectivity index (χ4n) is 1.33. The minimum absolute atomic E-state index is 0.614. The van der Waals surface area contributed by atoms with Crippen molar-refractivity contribution in [2.75, 3.05) is 20.0 Å². The summed E-state index contributed by atoms with van der Waals surface area (Å²) in [5.74, 6) is 0. The van der Waals surface area contributed by atoms with E-state index in [2.05, 4.69) is 9.72 Å². The molecule has 0 unspecified atom stereocenters. The third-order valence-corrected chi connectivity index (χ3v) is 1.90. The molecule has 3 N–H and O–H groups in total. The van der Waals surface area contributed by atoms with E-state index >= 15 is 0 Å². The highest BCUT2D eigenvalue weighted by Crippen LogP contribution is 2.22. The van der Waals surface area contributed by atoms with Gasteiger partial charge in [-0.3, -0.25) is 4.79 Å². The Morgan fingerprint density at radius 3 is 2.67 bits per heavy atom. The first-order valence-corrected chi connectivity index (χ1v) is 4.45. The van der Waals surface area contributed by atoms with Gasteiger partial charge in [0.2, 0.25) is 0 Å². The Morgan fingerprint density at radius 1 is 1.40 bits per heavy atom. The van der Waals surface area contributed by atoms with Gasteiger partial charge in [-0.2, -0.15) is 0 Å². The molecule has 0 radical (unpaired) electrons. The highest BCUT2D eigenvalue weighted by molar-refractivity contribution is 6.03. The van der Waals surface area contributed by atoms with Gasteiger partial charge >= 0.3 is 0 Å². The molecule has 0 saturated carbocycles. The summed E-state index contributed by atoms with van der Waals surface area (Å²) in [6.45, 7) is 0. The highest BCUT2D eigenvalue weighted by Gasteiger charge is 2.04. The molecule has 0 fully saturated rings. The zero-order chi connectivity index (χ0) is 11.3. The second-order valence-electron chi connectivity index (χ2n) is 3.04. The van der Waals surface area contributed by atoms with Crippen molar-refractivity contribution in [3.8, 4) is 0 Å². The van der Waals surface area contributed by atoms with E-state index < -0.39 is 0 Å². The molecular formula is C11H14N2O2. The second kappa shape index (κ2) is 5.17. The van der Waals surface area contributed by atoms with Crippen molar-refractivity contribution in [1.29, 1.82) is 0 Å². The summed E-state index contributed by atoms with van der Waals surface area (Å²) >= 11 is 0. The van der Waals surface area contributed by atoms with Gasteiger partial charge in [0.15, 0.2) is 6.29 Å². The maximum Gasteiger partial charge on any atom is 0.152 e. The standard InChI is InChI=1S/C9H8N2O.C2H6O/c10-7-2-1-3-8-9(7)6(5-12)4-11-8;1-3-2/h1-5,11H,10H2;1-2H3. The Kier molecular flexibility index (Phi) is 3.88. The van der Waals surface area contributed by atoms with E-state index in [1.807, 2.05) is 12.1 Å². The normalized spacial score (nSPS) is 9.47. The van der Waals surface area contributed by atoms with Crippen LogP contribution >= 0.6 is 0 Å². The van der Waals surface area contributed by atoms with E-state index in [1.165, 1.54) is 0 Å². The Balaban J connectivity index is 0.000000337. The van der Waals surface area contributed by atoms with Crippen LogP contribution in [0.1, 0.15) is 10.4 Å². The Bertz CT molecular complexity index is 449. The maximum absolute atomic E-state index is 10.6. The van der Waals surface area contributed by atoms with Crippen LogP contribution < -0.4 is 5.73 Å². The molecule has 0 spiro atoms. The van der Waals surface area contributed by atoms with Crippen molar-refractivity contribution in [1.82, 2.24) is 4.98 Å². The van der Waals surface area contributed by atoms with Crippen LogP contribution in [0.2, 0.25) is 0 Å². The molecule has 0 bridgehead atoms. The van der Waals surface area contributed by atoms with E-state index in [-0.39, 0.29) is 0 Å². The van der Waals surface area contributed by atoms with Gasteiger partial charge in [0, 0.05) is 42.6 Å². The number of ether oxygens (including phenoxy) is 1. The molecule has 15 heavy (non-hydrogen) atoms. The Hall–Kier alpha value is -1.81. The van der Waals surface area contributed by atoms with E-state index in [1.54, 1.807) is 26.5 Å². The number of hydrogen-bond acceptors (Lipinski definition) is 3. The van der Waals surface area contributed by atoms with Crippen molar-refractivity contribution in [3.63, 3.8) is 0 Å². The van der Waals surface area contributed by atoms with Crippen LogP contribution in [0.15, 0.2) is 24.4 Å². The molecule has 4 nitrogen and oxygen atoms in total. The summed E-state index contributed by atoms with van der Waals surface area (Å²) in [5, 5.41) is 0.813. The number of nitrogens with two attached hydrogens (primary N) is 1. The molecule has 2 aromatic rings. The van der Waals surface area contributed by atoms with Crippen LogP contribution in [-0.4, -0.2) is 25.5 Å². The molecule has 0 atom stereocenters. The molecule has 1 heterocycles. The number of carbonyl (C=O) groups excluding carboxylic acids is 1. The predicted octanol–water partition coefficient (Wildman–Crippen LogP) is 1.83. The fraction of sp³-hybridized carbons (Fsp3) is 0.182. The molecule has 1 aromatic heterocycles. The van der Waals surface area contributed by atoms with Crippen LogP contribution in [0.3, 0.4) is 0 Å². The molecule has 0 aliphatic carbocycles. The number of H-pyrrole nitrogens is 1. The summed E-state index contributed by atoms with van der Waals surface area (Å²) in [5.41, 5.74) is 7.85. The van der Waals surface area contributed by atoms with Gasteiger partial charge in [-0.25, -0.2) is 0 Å². The SMILES string of the molecule is COC.Nc1cccc2[nH]cc(C=O)c12. The first-order valence-electron chi connectivity index (χ1n) is 4.45. The molecule has 0 aliphatic rings. The van der Waals surface area contributed by atoms with Gasteiger partial charge < -0.3 is 15.5 Å². The molecule has 80 valence electrons. The average Bonchev–Trinajstić information content (AvgIpc) is 2.63. The number of methoxy groups -OCH3 is 1. The zero-order valence-corrected chi connectivity index (χ0v) is 8.78. The number of benzene rings is 1. The molecule has 0 amide bonds. The highest BCUT2D eigenvalue weighted by atomic mass is 16.4. The number of anilines is 1. The summed E-state index contributed by atoms with van der Waals surface area (Å²) < 4.78 is 4.25. The zero-order valence-electron chi connectivity index (χ0n) is 8.78. The first-order chi connectivity index (χ1) is 7.24. The predicted molar refractivity (Wildman–Crippen MR) is 61.0 cm³/mol. The van der Waals surface area contributed by atoms with Crippen LogP contribution in [0.4, 0.5) is 5.69 Å². The fourth-order valence-corrected chi connectivity index (χ4v) is 1.33. The molecular weight excluding hydrogens is 192 g/mol. The summed E-state index contributed by atoms with van der Waals surface area (Å²) in [4.78, 5) is 13.5. The molecule has 0 saturated heterocycles. The van der Waals surface area contributed by atoms with Crippen LogP contribution in [-0.2, 0) is 4.74 Å². The van der Waals surface area contributed by atoms with Gasteiger partial charge in [0.05, 0.1) is 0 Å². The number of hydrogen-bond donors (Lipinski definition) is 2. The monoisotopic (exact) mass is 206 g/mol. The van der Waals surface area contributed by atoms with E-state index in [9.17, 15) is 4.79 Å². The van der Waals surface area contributed by atoms with Gasteiger partial charge in [0.1, 0.15) is 0 Å². The third-order valence-electron chi connectivity index (χ3n) is 1.90. The molecule has 0 aliphatic heterocycles. The van der Waals surface area contributed by atoms with Gasteiger partial charge in [-0.1, -0.05) is 6.07 Å². The second-order valence-corrected chi connectivity index (χ2v) is 3.04. The maximum atomic E-state index is 10.6. The largest absolute Gasteiger partial charge is 0.398 e. The Labute approximate surface area is 88.0 Å². The lowest BCUT2D eigenvalue weighted by Gasteiger charge is -1.94. The van der Waals surface area contributed by atoms with Crippen molar-refractivity contribution in [3.05, 3.63) is 30.0 Å². The minimum atomic E-state index is 0.614. The number of nitrogens with one attached hydrogen (secondary N) is 1. The Morgan fingerprint density at radius 2 is 2.07 bits per heavy atom. The minimum Gasteiger partial charge on any atom is -0.398 e. The average molecular weight is 206 g/mol. The third kappa shape index (κ3) is 2.35. The number of nitrogen functional groups attached to an aromatic ring is 1. The molecule has 4 heteroatoms. The van der Waals surface area contributed by atoms with Crippen LogP contribution in [0.25, 0.3) is 10.9 Å². The van der Waals surface area contributed by atoms with Crippen LogP contribution in [0.5, 0.6) is 0 Å². The van der Waals surface area contributed by atoms with Gasteiger partial charge in [-0.15, -0.1) is 0 Å². The van der Waals surface area contributed by atoms with Crippen molar-refractivity contribution >= 4 is 22.9 Å². The van der Waals surface area contributed by atoms with Gasteiger partial charge in [-0.05, 0) is 12.1 Å². The van der Waals surface area contributed by atoms with Crippen molar-refractivity contribution < 1.29 is 9.53 Å². The van der Waals surface area contributed by atoms with E-state index in [4.69, 9.17) is 5.73 Å². The first kappa shape index (κ1) is 11.3. The number of aromatic amines is 1. The summed E-state index contributed by atoms with van der Waals surface area (Å²) in [7, 11) is 3.25. The van der Waals surface area contributed by atoms with Crippen molar-refractivity contribution in [2.24, 2.45) is 0 Å². The lowest BCUT2D eigenvalue weighted by atomic mass is 10.1. The number of carbonyl (C=O) groups is 1. The number of aldehydes is 1. The van der Waals surface area contributed by atoms with E-state index in [0.29, 0.717) is 11.3 Å². The number of fused-ring (bicyclic) bond motifs is 1. The van der Waals surface area contributed by atoms with E-state index in [0.717, 1.165) is 17.2 Å². The summed E-state index contributed by atoms with van der Waals surface area (Å²) in [6, 6.07) is 5.52. The lowest BCUT2D eigenvalue weighted by Crippen LogP contribution is -1.86. The number of rotatable bonds is 1. The summed E-state index contributed by atoms with van der Waals surface area (Å²) in [6.07, 6.45) is 2.46. The quantitative estimate of drug-likeness (QED) is 0.552. The molecule has 1 aromatic carbocycles.